The number of benzene rings is 2. The van der Waals surface area contributed by atoms with Crippen molar-refractivity contribution in [2.45, 2.75) is 24.3 Å². The Bertz CT molecular complexity index is 730. The van der Waals surface area contributed by atoms with E-state index in [1.54, 1.807) is 30.0 Å². The summed E-state index contributed by atoms with van der Waals surface area (Å²) in [5.41, 5.74) is 6.50. The van der Waals surface area contributed by atoms with E-state index in [-0.39, 0.29) is 10.9 Å². The van der Waals surface area contributed by atoms with E-state index in [0.717, 1.165) is 17.6 Å². The predicted octanol–water partition coefficient (Wildman–Crippen LogP) is 2.84. The van der Waals surface area contributed by atoms with Crippen LogP contribution in [-0.4, -0.2) is 26.5 Å². The third-order valence-corrected chi connectivity index (χ3v) is 5.61. The summed E-state index contributed by atoms with van der Waals surface area (Å²) in [4.78, 5) is 0.281. The number of sulfonamides is 1. The Morgan fingerprint density at radius 2 is 1.86 bits per heavy atom. The first-order chi connectivity index (χ1) is 9.95. The molecule has 0 spiro atoms. The normalized spacial score (nSPS) is 13.4. The highest BCUT2D eigenvalue weighted by Gasteiger charge is 2.20. The molecule has 0 fully saturated rings. The van der Waals surface area contributed by atoms with Gasteiger partial charge in [0.05, 0.1) is 4.90 Å². The minimum absolute atomic E-state index is 0.0984. The monoisotopic (exact) mass is 324 g/mol. The number of thioether (sulfide) groups is 1. The van der Waals surface area contributed by atoms with Crippen LogP contribution in [0, 0.1) is 0 Å². The molecule has 0 aliphatic rings. The molecule has 0 aromatic heterocycles. The fourth-order valence-corrected chi connectivity index (χ4v) is 4.29. The standard InChI is InChI=1S/C15H20N2O2S2/c1-11(9-10-20-2)17-21(18,19)15-8-7-14(16)12-5-3-4-6-13(12)15/h3-8,11,17H,9-10,16H2,1-2H3. The zero-order valence-corrected chi connectivity index (χ0v) is 13.8. The van der Waals surface area contributed by atoms with Gasteiger partial charge in [-0.05, 0) is 37.5 Å². The lowest BCUT2D eigenvalue weighted by atomic mass is 10.1. The molecular formula is C15H20N2O2S2. The van der Waals surface area contributed by atoms with Gasteiger partial charge in [0.15, 0.2) is 0 Å². The van der Waals surface area contributed by atoms with Crippen molar-refractivity contribution in [2.24, 2.45) is 0 Å². The Kier molecular flexibility index (Phi) is 5.13. The molecule has 1 unspecified atom stereocenters. The number of hydrogen-bond acceptors (Lipinski definition) is 4. The lowest BCUT2D eigenvalue weighted by Gasteiger charge is -2.15. The highest BCUT2D eigenvalue weighted by atomic mass is 32.2. The first-order valence-electron chi connectivity index (χ1n) is 6.74. The van der Waals surface area contributed by atoms with Crippen molar-refractivity contribution in [3.05, 3.63) is 36.4 Å². The molecule has 0 radical (unpaired) electrons. The molecule has 2 aromatic carbocycles. The van der Waals surface area contributed by atoms with Gasteiger partial charge in [0.25, 0.3) is 0 Å². The van der Waals surface area contributed by atoms with E-state index in [1.807, 2.05) is 31.4 Å². The smallest absolute Gasteiger partial charge is 0.241 e. The second-order valence-corrected chi connectivity index (χ2v) is 7.67. The number of hydrogen-bond donors (Lipinski definition) is 2. The molecule has 1 atom stereocenters. The minimum Gasteiger partial charge on any atom is -0.398 e. The maximum atomic E-state index is 12.6. The van der Waals surface area contributed by atoms with E-state index in [0.29, 0.717) is 11.1 Å². The largest absolute Gasteiger partial charge is 0.398 e. The van der Waals surface area contributed by atoms with E-state index in [9.17, 15) is 8.42 Å². The number of nitrogen functional groups attached to an aromatic ring is 1. The molecule has 0 saturated heterocycles. The molecule has 3 N–H and O–H groups in total. The zero-order chi connectivity index (χ0) is 15.5. The summed E-state index contributed by atoms with van der Waals surface area (Å²) in [6.07, 6.45) is 2.81. The Morgan fingerprint density at radius 1 is 1.19 bits per heavy atom. The zero-order valence-electron chi connectivity index (χ0n) is 12.2. The first-order valence-corrected chi connectivity index (χ1v) is 9.62. The lowest BCUT2D eigenvalue weighted by molar-refractivity contribution is 0.558. The van der Waals surface area contributed by atoms with Gasteiger partial charge in [0, 0.05) is 22.5 Å². The van der Waals surface area contributed by atoms with Gasteiger partial charge < -0.3 is 5.73 Å². The lowest BCUT2D eigenvalue weighted by Crippen LogP contribution is -2.33. The molecule has 0 aliphatic heterocycles. The van der Waals surface area contributed by atoms with E-state index in [1.165, 1.54) is 0 Å². The first kappa shape index (κ1) is 16.1. The average molecular weight is 324 g/mol. The quantitative estimate of drug-likeness (QED) is 0.802. The summed E-state index contributed by atoms with van der Waals surface area (Å²) < 4.78 is 27.9. The summed E-state index contributed by atoms with van der Waals surface area (Å²) in [5.74, 6) is 0.923. The number of rotatable bonds is 6. The van der Waals surface area contributed by atoms with E-state index >= 15 is 0 Å². The topological polar surface area (TPSA) is 72.2 Å². The molecule has 6 heteroatoms. The van der Waals surface area contributed by atoms with Crippen LogP contribution < -0.4 is 10.5 Å². The minimum atomic E-state index is -3.55. The van der Waals surface area contributed by atoms with Crippen LogP contribution in [0.2, 0.25) is 0 Å². The molecule has 0 aliphatic carbocycles. The maximum absolute atomic E-state index is 12.6. The van der Waals surface area contributed by atoms with Crippen molar-refractivity contribution < 1.29 is 8.42 Å². The van der Waals surface area contributed by atoms with E-state index < -0.39 is 10.0 Å². The number of fused-ring (bicyclic) bond motifs is 1. The second kappa shape index (κ2) is 6.68. The second-order valence-electron chi connectivity index (χ2n) is 5.00. The van der Waals surface area contributed by atoms with Crippen LogP contribution in [-0.2, 0) is 10.0 Å². The van der Waals surface area contributed by atoms with Crippen LogP contribution in [0.3, 0.4) is 0 Å². The van der Waals surface area contributed by atoms with Crippen molar-refractivity contribution >= 4 is 38.2 Å². The molecule has 2 aromatic rings. The summed E-state index contributed by atoms with van der Waals surface area (Å²) in [5, 5.41) is 1.42. The highest BCUT2D eigenvalue weighted by Crippen LogP contribution is 2.27. The molecule has 0 bridgehead atoms. The van der Waals surface area contributed by atoms with Crippen LogP contribution in [0.25, 0.3) is 10.8 Å². The Balaban J connectivity index is 2.39. The van der Waals surface area contributed by atoms with Gasteiger partial charge in [0.2, 0.25) is 10.0 Å². The Hall–Kier alpha value is -1.24. The molecule has 4 nitrogen and oxygen atoms in total. The maximum Gasteiger partial charge on any atom is 0.241 e. The van der Waals surface area contributed by atoms with Crippen LogP contribution in [0.1, 0.15) is 13.3 Å². The Morgan fingerprint density at radius 3 is 2.52 bits per heavy atom. The molecule has 0 heterocycles. The molecule has 0 saturated carbocycles. The summed E-state index contributed by atoms with van der Waals surface area (Å²) in [6, 6.07) is 10.4. The number of nitrogens with one attached hydrogen (secondary N) is 1. The van der Waals surface area contributed by atoms with Crippen molar-refractivity contribution in [3.8, 4) is 0 Å². The van der Waals surface area contributed by atoms with Crippen molar-refractivity contribution in [3.63, 3.8) is 0 Å². The van der Waals surface area contributed by atoms with Gasteiger partial charge in [-0.15, -0.1) is 0 Å². The van der Waals surface area contributed by atoms with Gasteiger partial charge in [-0.25, -0.2) is 13.1 Å². The van der Waals surface area contributed by atoms with Gasteiger partial charge in [-0.2, -0.15) is 11.8 Å². The van der Waals surface area contributed by atoms with Gasteiger partial charge in [-0.3, -0.25) is 0 Å². The molecule has 21 heavy (non-hydrogen) atoms. The van der Waals surface area contributed by atoms with Crippen molar-refractivity contribution in [1.82, 2.24) is 4.72 Å². The van der Waals surface area contributed by atoms with Crippen LogP contribution in [0.5, 0.6) is 0 Å². The molecule has 114 valence electrons. The summed E-state index contributed by atoms with van der Waals surface area (Å²) in [7, 11) is -3.55. The van der Waals surface area contributed by atoms with Crippen molar-refractivity contribution in [1.29, 1.82) is 0 Å². The molecular weight excluding hydrogens is 304 g/mol. The summed E-state index contributed by atoms with van der Waals surface area (Å²) in [6.45, 7) is 1.88. The van der Waals surface area contributed by atoms with E-state index in [2.05, 4.69) is 4.72 Å². The van der Waals surface area contributed by atoms with Crippen LogP contribution in [0.15, 0.2) is 41.3 Å². The fraction of sp³-hybridized carbons (Fsp3) is 0.333. The SMILES string of the molecule is CSCCC(C)NS(=O)(=O)c1ccc(N)c2ccccc12. The third kappa shape index (κ3) is 3.70. The highest BCUT2D eigenvalue weighted by molar-refractivity contribution is 7.98. The number of nitrogens with two attached hydrogens (primary N) is 1. The van der Waals surface area contributed by atoms with Gasteiger partial charge >= 0.3 is 0 Å². The van der Waals surface area contributed by atoms with E-state index in [4.69, 9.17) is 5.73 Å². The third-order valence-electron chi connectivity index (χ3n) is 3.32. The Labute approximate surface area is 130 Å². The van der Waals surface area contributed by atoms with Crippen LogP contribution in [0.4, 0.5) is 5.69 Å². The van der Waals surface area contributed by atoms with Gasteiger partial charge in [0.1, 0.15) is 0 Å². The predicted molar refractivity (Wildman–Crippen MR) is 91.1 cm³/mol. The van der Waals surface area contributed by atoms with Gasteiger partial charge in [-0.1, -0.05) is 24.3 Å². The van der Waals surface area contributed by atoms with Crippen molar-refractivity contribution in [2.75, 3.05) is 17.7 Å². The van der Waals surface area contributed by atoms with Crippen LogP contribution >= 0.6 is 11.8 Å². The summed E-state index contributed by atoms with van der Waals surface area (Å²) >= 11 is 1.70. The average Bonchev–Trinajstić information content (AvgIpc) is 2.45. The molecule has 2 rings (SSSR count). The molecule has 0 amide bonds. The fourth-order valence-electron chi connectivity index (χ4n) is 2.21. The number of anilines is 1.